The van der Waals surface area contributed by atoms with Crippen molar-refractivity contribution < 1.29 is 29.0 Å². The minimum Gasteiger partial charge on any atom is -0.465 e. The van der Waals surface area contributed by atoms with Crippen LogP contribution in [0.4, 0.5) is 0 Å². The van der Waals surface area contributed by atoms with Gasteiger partial charge in [0.15, 0.2) is 0 Å². The third-order valence-electron chi connectivity index (χ3n) is 8.40. The number of ether oxygens (including phenoxy) is 2. The molecule has 194 valence electrons. The number of carbonyl (C=O) groups excluding carboxylic acids is 3. The fourth-order valence-electron chi connectivity index (χ4n) is 6.34. The van der Waals surface area contributed by atoms with E-state index in [9.17, 15) is 19.5 Å². The lowest BCUT2D eigenvalue weighted by molar-refractivity contribution is -0.162. The zero-order valence-electron chi connectivity index (χ0n) is 21.4. The zero-order valence-corrected chi connectivity index (χ0v) is 21.4. The molecule has 4 aliphatic heterocycles. The number of allylic oxidation sites excluding steroid dienone is 1. The molecule has 0 radical (unpaired) electrons. The number of hydrogen-bond donors (Lipinski definition) is 1. The highest BCUT2D eigenvalue weighted by molar-refractivity contribution is 5.99. The lowest BCUT2D eigenvalue weighted by atomic mass is 9.74. The van der Waals surface area contributed by atoms with Crippen molar-refractivity contribution in [1.29, 1.82) is 0 Å². The molecule has 7 atom stereocenters. The average Bonchev–Trinajstić information content (AvgIpc) is 3.19. The number of amides is 2. The van der Waals surface area contributed by atoms with Gasteiger partial charge in [-0.1, -0.05) is 57.9 Å². The summed E-state index contributed by atoms with van der Waals surface area (Å²) in [6, 6.07) is -1.50. The molecule has 35 heavy (non-hydrogen) atoms. The second kappa shape index (κ2) is 10.1. The second-order valence-electron chi connectivity index (χ2n) is 10.6. The molecule has 1 spiro atoms. The molecule has 4 aliphatic rings. The van der Waals surface area contributed by atoms with Crippen LogP contribution in [-0.4, -0.2) is 82.3 Å². The smallest absolute Gasteiger partial charge is 0.313 e. The molecule has 1 N–H and O–H groups in total. The zero-order chi connectivity index (χ0) is 25.4. The maximum Gasteiger partial charge on any atom is 0.313 e. The van der Waals surface area contributed by atoms with E-state index in [-0.39, 0.29) is 30.9 Å². The van der Waals surface area contributed by atoms with Gasteiger partial charge in [-0.05, 0) is 32.1 Å². The monoisotopic (exact) mass is 488 g/mol. The van der Waals surface area contributed by atoms with Crippen LogP contribution < -0.4 is 0 Å². The van der Waals surface area contributed by atoms with E-state index in [1.807, 2.05) is 45.1 Å². The standard InChI is InChI=1S/C27H40N2O6/c1-5-7-14-28-15-11-13-27-20(21-25(33)34-16-10-8-9-12-26(21,4)35-27)23(31)29(22(27)24(28)32)19(17-30)18(3)6-2/h9,11-13,18-22,30H,5-8,10,14-17H2,1-4H3/b12-9-/t18-,19-,20-,21+,22?,26-,27-/m0/s1. The normalized spacial score (nSPS) is 37.4. The summed E-state index contributed by atoms with van der Waals surface area (Å²) >= 11 is 0. The fourth-order valence-corrected chi connectivity index (χ4v) is 6.34. The molecule has 2 amide bonds. The molecule has 4 heterocycles. The van der Waals surface area contributed by atoms with E-state index in [0.717, 1.165) is 25.7 Å². The van der Waals surface area contributed by atoms with Crippen LogP contribution in [0.25, 0.3) is 0 Å². The molecule has 2 saturated heterocycles. The van der Waals surface area contributed by atoms with Gasteiger partial charge in [-0.3, -0.25) is 14.4 Å². The van der Waals surface area contributed by atoms with Crippen molar-refractivity contribution >= 4 is 17.8 Å². The summed E-state index contributed by atoms with van der Waals surface area (Å²) in [6.07, 6.45) is 11.6. The number of esters is 1. The maximum atomic E-state index is 14.3. The van der Waals surface area contributed by atoms with Crippen LogP contribution in [0.5, 0.6) is 0 Å². The van der Waals surface area contributed by atoms with Crippen molar-refractivity contribution in [3.63, 3.8) is 0 Å². The number of hydrogen-bond acceptors (Lipinski definition) is 6. The summed E-state index contributed by atoms with van der Waals surface area (Å²) in [7, 11) is 0. The van der Waals surface area contributed by atoms with Gasteiger partial charge >= 0.3 is 5.97 Å². The highest BCUT2D eigenvalue weighted by Gasteiger charge is 2.75. The molecule has 0 bridgehead atoms. The van der Waals surface area contributed by atoms with Crippen LogP contribution in [0, 0.1) is 17.8 Å². The van der Waals surface area contributed by atoms with E-state index in [2.05, 4.69) is 6.92 Å². The first-order valence-electron chi connectivity index (χ1n) is 13.2. The van der Waals surface area contributed by atoms with Crippen molar-refractivity contribution in [3.05, 3.63) is 24.3 Å². The van der Waals surface area contributed by atoms with Crippen LogP contribution in [-0.2, 0) is 23.9 Å². The Hall–Kier alpha value is -2.19. The largest absolute Gasteiger partial charge is 0.465 e. The Morgan fingerprint density at radius 3 is 2.60 bits per heavy atom. The predicted molar refractivity (Wildman–Crippen MR) is 130 cm³/mol. The summed E-state index contributed by atoms with van der Waals surface area (Å²) in [5, 5.41) is 10.4. The summed E-state index contributed by atoms with van der Waals surface area (Å²) in [6.45, 7) is 8.88. The van der Waals surface area contributed by atoms with Crippen molar-refractivity contribution in [2.24, 2.45) is 17.8 Å². The highest BCUT2D eigenvalue weighted by Crippen LogP contribution is 2.57. The Morgan fingerprint density at radius 2 is 1.91 bits per heavy atom. The van der Waals surface area contributed by atoms with Gasteiger partial charge in [-0.25, -0.2) is 0 Å². The Kier molecular flexibility index (Phi) is 7.44. The average molecular weight is 489 g/mol. The summed E-state index contributed by atoms with van der Waals surface area (Å²) in [5.41, 5.74) is -2.39. The van der Waals surface area contributed by atoms with Crippen molar-refractivity contribution in [2.45, 2.75) is 83.1 Å². The number of nitrogens with zero attached hydrogens (tertiary/aromatic N) is 2. The second-order valence-corrected chi connectivity index (χ2v) is 10.6. The molecule has 8 nitrogen and oxygen atoms in total. The first-order chi connectivity index (χ1) is 16.8. The topological polar surface area (TPSA) is 96.4 Å². The predicted octanol–water partition coefficient (Wildman–Crippen LogP) is 2.46. The van der Waals surface area contributed by atoms with Gasteiger partial charge in [0, 0.05) is 13.1 Å². The van der Waals surface area contributed by atoms with E-state index in [4.69, 9.17) is 9.47 Å². The number of rotatable bonds is 7. The molecule has 8 heteroatoms. The fraction of sp³-hybridized carbons (Fsp3) is 0.741. The van der Waals surface area contributed by atoms with Crippen LogP contribution >= 0.6 is 0 Å². The Bertz CT molecular complexity index is 902. The highest BCUT2D eigenvalue weighted by atomic mass is 16.6. The lowest BCUT2D eigenvalue weighted by Gasteiger charge is -2.41. The summed E-state index contributed by atoms with van der Waals surface area (Å²) < 4.78 is 12.4. The first-order valence-corrected chi connectivity index (χ1v) is 13.2. The number of cyclic esters (lactones) is 1. The molecular formula is C27H40N2O6. The van der Waals surface area contributed by atoms with Gasteiger partial charge in [-0.2, -0.15) is 0 Å². The van der Waals surface area contributed by atoms with Gasteiger partial charge in [0.05, 0.1) is 30.8 Å². The lowest BCUT2D eigenvalue weighted by Crippen LogP contribution is -2.59. The van der Waals surface area contributed by atoms with E-state index >= 15 is 0 Å². The van der Waals surface area contributed by atoms with Crippen LogP contribution in [0.1, 0.15) is 59.8 Å². The van der Waals surface area contributed by atoms with Gasteiger partial charge in [-0.15, -0.1) is 0 Å². The minimum atomic E-state index is -1.31. The number of aliphatic hydroxyl groups excluding tert-OH is 1. The minimum absolute atomic E-state index is 0.0392. The first kappa shape index (κ1) is 25.9. The van der Waals surface area contributed by atoms with Gasteiger partial charge in [0.1, 0.15) is 17.6 Å². The third-order valence-corrected chi connectivity index (χ3v) is 8.40. The number of carbonyl (C=O) groups is 3. The molecule has 4 rings (SSSR count). The van der Waals surface area contributed by atoms with E-state index in [1.165, 1.54) is 0 Å². The third kappa shape index (κ3) is 4.12. The summed E-state index contributed by atoms with van der Waals surface area (Å²) in [5.74, 6) is -2.80. The molecular weight excluding hydrogens is 448 g/mol. The SMILES string of the molecule is CCCCN1CC=C[C@]23O[C@@]4(C)/C=C\CCCOC(=O)[C@H]4[C@H]2C(=O)N([C@@H](CO)[C@@H](C)CC)C3C1=O. The Balaban J connectivity index is 1.88. The van der Waals surface area contributed by atoms with Gasteiger partial charge in [0.25, 0.3) is 0 Å². The van der Waals surface area contributed by atoms with Crippen molar-refractivity contribution in [1.82, 2.24) is 9.80 Å². The number of aliphatic hydroxyl groups is 1. The van der Waals surface area contributed by atoms with E-state index in [0.29, 0.717) is 19.5 Å². The van der Waals surface area contributed by atoms with E-state index in [1.54, 1.807) is 9.80 Å². The number of fused-ring (bicyclic) bond motifs is 2. The van der Waals surface area contributed by atoms with Crippen LogP contribution in [0.2, 0.25) is 0 Å². The maximum absolute atomic E-state index is 14.3. The van der Waals surface area contributed by atoms with Crippen LogP contribution in [0.3, 0.4) is 0 Å². The molecule has 0 aromatic carbocycles. The quantitative estimate of drug-likeness (QED) is 0.437. The Morgan fingerprint density at radius 1 is 1.14 bits per heavy atom. The molecule has 0 aliphatic carbocycles. The van der Waals surface area contributed by atoms with Crippen molar-refractivity contribution in [2.75, 3.05) is 26.3 Å². The molecule has 1 unspecified atom stereocenters. The van der Waals surface area contributed by atoms with E-state index < -0.39 is 41.1 Å². The Labute approximate surface area is 208 Å². The molecule has 2 fully saturated rings. The molecule has 0 saturated carbocycles. The summed E-state index contributed by atoms with van der Waals surface area (Å²) in [4.78, 5) is 45.1. The number of unbranched alkanes of at least 4 members (excludes halogenated alkanes) is 1. The molecule has 0 aromatic heterocycles. The van der Waals surface area contributed by atoms with Crippen molar-refractivity contribution in [3.8, 4) is 0 Å². The molecule has 0 aromatic rings. The van der Waals surface area contributed by atoms with Crippen LogP contribution in [0.15, 0.2) is 24.3 Å². The van der Waals surface area contributed by atoms with Gasteiger partial charge in [0.2, 0.25) is 11.8 Å². The van der Waals surface area contributed by atoms with Gasteiger partial charge < -0.3 is 24.4 Å². The number of likely N-dealkylation sites (tertiary alicyclic amines) is 1.